The average molecular weight is 240 g/mol. The second-order valence-corrected chi connectivity index (χ2v) is 5.09. The monoisotopic (exact) mass is 240 g/mol. The van der Waals surface area contributed by atoms with Crippen molar-refractivity contribution in [1.82, 2.24) is 9.80 Å². The van der Waals surface area contributed by atoms with E-state index < -0.39 is 5.97 Å². The van der Waals surface area contributed by atoms with E-state index in [2.05, 4.69) is 0 Å². The van der Waals surface area contributed by atoms with Crippen LogP contribution in [0.5, 0.6) is 0 Å². The van der Waals surface area contributed by atoms with Gasteiger partial charge in [-0.15, -0.1) is 0 Å². The summed E-state index contributed by atoms with van der Waals surface area (Å²) in [5.41, 5.74) is 0. The third kappa shape index (κ3) is 2.53. The number of hydrogen-bond donors (Lipinski definition) is 1. The second-order valence-electron chi connectivity index (χ2n) is 5.09. The van der Waals surface area contributed by atoms with Crippen LogP contribution in [0, 0.1) is 5.92 Å². The quantitative estimate of drug-likeness (QED) is 0.793. The summed E-state index contributed by atoms with van der Waals surface area (Å²) in [7, 11) is 1.83. The van der Waals surface area contributed by atoms with E-state index in [4.69, 9.17) is 5.11 Å². The first-order valence-corrected chi connectivity index (χ1v) is 6.34. The maximum atomic E-state index is 12.0. The minimum Gasteiger partial charge on any atom is -0.481 e. The Hall–Kier alpha value is -1.26. The number of urea groups is 1. The molecular formula is C12H20N2O3. The van der Waals surface area contributed by atoms with Gasteiger partial charge < -0.3 is 14.9 Å². The summed E-state index contributed by atoms with van der Waals surface area (Å²) in [6, 6.07) is 0.357. The predicted octanol–water partition coefficient (Wildman–Crippen LogP) is 1.39. The van der Waals surface area contributed by atoms with Crippen molar-refractivity contribution in [3.63, 3.8) is 0 Å². The van der Waals surface area contributed by atoms with E-state index in [1.165, 1.54) is 0 Å². The molecule has 1 saturated carbocycles. The van der Waals surface area contributed by atoms with Gasteiger partial charge in [0, 0.05) is 26.2 Å². The Kier molecular flexibility index (Phi) is 3.54. The van der Waals surface area contributed by atoms with E-state index in [1.54, 1.807) is 4.90 Å². The average Bonchev–Trinajstić information content (AvgIpc) is 2.33. The van der Waals surface area contributed by atoms with Crippen molar-refractivity contribution in [2.24, 2.45) is 5.92 Å². The fraction of sp³-hybridized carbons (Fsp3) is 0.833. The van der Waals surface area contributed by atoms with Crippen LogP contribution in [-0.4, -0.2) is 53.1 Å². The molecule has 0 spiro atoms. The largest absolute Gasteiger partial charge is 0.481 e. The number of aliphatic carboxylic acids is 1. The molecule has 2 rings (SSSR count). The van der Waals surface area contributed by atoms with Crippen molar-refractivity contribution in [3.8, 4) is 0 Å². The summed E-state index contributed by atoms with van der Waals surface area (Å²) in [6.07, 6.45) is 4.08. The number of carbonyl (C=O) groups excluding carboxylic acids is 1. The van der Waals surface area contributed by atoms with Crippen LogP contribution in [0.25, 0.3) is 0 Å². The van der Waals surface area contributed by atoms with Gasteiger partial charge in [-0.3, -0.25) is 4.79 Å². The molecule has 1 saturated heterocycles. The molecule has 0 atom stereocenters. The highest BCUT2D eigenvalue weighted by Crippen LogP contribution is 2.29. The van der Waals surface area contributed by atoms with Crippen molar-refractivity contribution >= 4 is 12.0 Å². The zero-order valence-electron chi connectivity index (χ0n) is 10.3. The predicted molar refractivity (Wildman–Crippen MR) is 62.7 cm³/mol. The first kappa shape index (κ1) is 12.2. The van der Waals surface area contributed by atoms with Crippen molar-refractivity contribution in [1.29, 1.82) is 0 Å². The van der Waals surface area contributed by atoms with Gasteiger partial charge in [-0.05, 0) is 32.1 Å². The van der Waals surface area contributed by atoms with E-state index in [0.29, 0.717) is 12.8 Å². The summed E-state index contributed by atoms with van der Waals surface area (Å²) >= 11 is 0. The highest BCUT2D eigenvalue weighted by Gasteiger charge is 2.33. The lowest BCUT2D eigenvalue weighted by molar-refractivity contribution is -0.143. The Labute approximate surface area is 101 Å². The molecule has 5 nitrogen and oxygen atoms in total. The van der Waals surface area contributed by atoms with Crippen LogP contribution in [0.1, 0.15) is 32.1 Å². The molecule has 2 amide bonds. The number of rotatable bonds is 2. The molecule has 0 aromatic carbocycles. The Bertz CT molecular complexity index is 311. The standard InChI is InChI=1S/C12H20N2O3/c1-13-7-2-8-14(12(13)17)10-5-3-9(4-6-10)11(15)16/h9-10H,2-8H2,1H3,(H,15,16)/t9-,10+. The van der Waals surface area contributed by atoms with Gasteiger partial charge in [0.1, 0.15) is 0 Å². The highest BCUT2D eigenvalue weighted by atomic mass is 16.4. The van der Waals surface area contributed by atoms with Crippen LogP contribution in [0.4, 0.5) is 4.79 Å². The fourth-order valence-corrected chi connectivity index (χ4v) is 2.86. The number of hydrogen-bond acceptors (Lipinski definition) is 2. The van der Waals surface area contributed by atoms with E-state index in [0.717, 1.165) is 32.4 Å². The minimum atomic E-state index is -0.689. The Balaban J connectivity index is 1.92. The molecule has 96 valence electrons. The molecule has 0 aromatic rings. The Morgan fingerprint density at radius 1 is 1.24 bits per heavy atom. The summed E-state index contributed by atoms with van der Waals surface area (Å²) in [5.74, 6) is -0.894. The molecule has 1 aliphatic heterocycles. The second kappa shape index (κ2) is 4.94. The summed E-state index contributed by atoms with van der Waals surface area (Å²) < 4.78 is 0. The van der Waals surface area contributed by atoms with Crippen LogP contribution in [0.3, 0.4) is 0 Å². The van der Waals surface area contributed by atoms with Gasteiger partial charge in [0.15, 0.2) is 0 Å². The van der Waals surface area contributed by atoms with Crippen LogP contribution >= 0.6 is 0 Å². The maximum Gasteiger partial charge on any atom is 0.319 e. The summed E-state index contributed by atoms with van der Waals surface area (Å²) in [6.45, 7) is 1.66. The minimum absolute atomic E-state index is 0.107. The molecule has 1 N–H and O–H groups in total. The fourth-order valence-electron chi connectivity index (χ4n) is 2.86. The van der Waals surface area contributed by atoms with Crippen molar-refractivity contribution in [3.05, 3.63) is 0 Å². The van der Waals surface area contributed by atoms with Gasteiger partial charge in [0.05, 0.1) is 5.92 Å². The highest BCUT2D eigenvalue weighted by molar-refractivity contribution is 5.75. The molecule has 0 bridgehead atoms. The number of carbonyl (C=O) groups is 2. The zero-order chi connectivity index (χ0) is 12.4. The lowest BCUT2D eigenvalue weighted by Gasteiger charge is -2.41. The number of carboxylic acids is 1. The Morgan fingerprint density at radius 2 is 1.88 bits per heavy atom. The van der Waals surface area contributed by atoms with Gasteiger partial charge in [0.2, 0.25) is 0 Å². The SMILES string of the molecule is CN1CCCN([C@H]2CC[C@@H](C(=O)O)CC2)C1=O. The zero-order valence-corrected chi connectivity index (χ0v) is 10.3. The maximum absolute atomic E-state index is 12.0. The molecular weight excluding hydrogens is 220 g/mol. The van der Waals surface area contributed by atoms with Gasteiger partial charge in [-0.2, -0.15) is 0 Å². The van der Waals surface area contributed by atoms with Crippen molar-refractivity contribution < 1.29 is 14.7 Å². The molecule has 17 heavy (non-hydrogen) atoms. The van der Waals surface area contributed by atoms with Crippen molar-refractivity contribution in [2.75, 3.05) is 20.1 Å². The first-order valence-electron chi connectivity index (χ1n) is 6.34. The topological polar surface area (TPSA) is 60.9 Å². The van der Waals surface area contributed by atoms with E-state index >= 15 is 0 Å². The van der Waals surface area contributed by atoms with Crippen molar-refractivity contribution in [2.45, 2.75) is 38.1 Å². The van der Waals surface area contributed by atoms with E-state index in [1.807, 2.05) is 11.9 Å². The molecule has 2 fully saturated rings. The first-order chi connectivity index (χ1) is 8.09. The third-order valence-corrected chi connectivity index (χ3v) is 3.95. The third-order valence-electron chi connectivity index (χ3n) is 3.95. The number of carboxylic acid groups (broad SMARTS) is 1. The molecule has 2 aliphatic rings. The smallest absolute Gasteiger partial charge is 0.319 e. The molecule has 0 radical (unpaired) electrons. The van der Waals surface area contributed by atoms with Gasteiger partial charge >= 0.3 is 12.0 Å². The molecule has 0 unspecified atom stereocenters. The molecule has 1 heterocycles. The van der Waals surface area contributed by atoms with Crippen LogP contribution in [0.2, 0.25) is 0 Å². The molecule has 0 aromatic heterocycles. The van der Waals surface area contributed by atoms with Gasteiger partial charge in [-0.25, -0.2) is 4.79 Å². The Morgan fingerprint density at radius 3 is 2.47 bits per heavy atom. The lowest BCUT2D eigenvalue weighted by atomic mass is 9.85. The van der Waals surface area contributed by atoms with E-state index in [-0.39, 0.29) is 18.0 Å². The molecule has 5 heteroatoms. The van der Waals surface area contributed by atoms with E-state index in [9.17, 15) is 9.59 Å². The van der Waals surface area contributed by atoms with Gasteiger partial charge in [-0.1, -0.05) is 0 Å². The van der Waals surface area contributed by atoms with Crippen LogP contribution in [-0.2, 0) is 4.79 Å². The normalized spacial score (nSPS) is 30.5. The van der Waals surface area contributed by atoms with Crippen LogP contribution in [0.15, 0.2) is 0 Å². The lowest BCUT2D eigenvalue weighted by Crippen LogP contribution is -2.52. The summed E-state index contributed by atoms with van der Waals surface area (Å²) in [5, 5.41) is 8.94. The van der Waals surface area contributed by atoms with Crippen LogP contribution < -0.4 is 0 Å². The summed E-state index contributed by atoms with van der Waals surface area (Å²) in [4.78, 5) is 26.5. The number of nitrogens with zero attached hydrogens (tertiary/aromatic N) is 2. The molecule has 1 aliphatic carbocycles. The van der Waals surface area contributed by atoms with Gasteiger partial charge in [0.25, 0.3) is 0 Å². The number of amides is 2.